The highest BCUT2D eigenvalue weighted by molar-refractivity contribution is 6.33. The van der Waals surface area contributed by atoms with Crippen molar-refractivity contribution < 1.29 is 9.53 Å². The van der Waals surface area contributed by atoms with E-state index in [-0.39, 0.29) is 12.0 Å². The number of carbonyl (C=O) groups excluding carboxylic acids is 1. The largest absolute Gasteiger partial charge is 0.376 e. The smallest absolute Gasteiger partial charge is 0.255 e. The van der Waals surface area contributed by atoms with Crippen LogP contribution in [0.3, 0.4) is 0 Å². The summed E-state index contributed by atoms with van der Waals surface area (Å²) in [5, 5.41) is 3.60. The number of hydrogen-bond acceptors (Lipinski definition) is 4. The van der Waals surface area contributed by atoms with E-state index in [2.05, 4.69) is 17.2 Å². The van der Waals surface area contributed by atoms with Gasteiger partial charge in [0.15, 0.2) is 0 Å². The number of nitrogens with one attached hydrogen (secondary N) is 1. The molecule has 1 unspecified atom stereocenters. The van der Waals surface area contributed by atoms with Crippen molar-refractivity contribution in [2.24, 2.45) is 0 Å². The molecule has 1 atom stereocenters. The van der Waals surface area contributed by atoms with Crippen LogP contribution in [0.2, 0.25) is 5.02 Å². The number of carbonyl (C=O) groups is 1. The summed E-state index contributed by atoms with van der Waals surface area (Å²) in [5.74, 6) is 0.541. The molecule has 0 spiro atoms. The summed E-state index contributed by atoms with van der Waals surface area (Å²) in [6, 6.07) is 1.67. The van der Waals surface area contributed by atoms with Crippen molar-refractivity contribution in [3.63, 3.8) is 0 Å². The lowest BCUT2D eigenvalue weighted by Crippen LogP contribution is -2.34. The molecule has 0 saturated carbocycles. The molecular weight excluding hydrogens is 290 g/mol. The van der Waals surface area contributed by atoms with Gasteiger partial charge in [-0.25, -0.2) is 4.98 Å². The number of hydrogen-bond donors (Lipinski definition) is 1. The molecular formula is C15H22ClN3O2. The summed E-state index contributed by atoms with van der Waals surface area (Å²) < 4.78 is 5.55. The Morgan fingerprint density at radius 3 is 3.05 bits per heavy atom. The van der Waals surface area contributed by atoms with Crippen LogP contribution in [-0.2, 0) is 4.74 Å². The van der Waals surface area contributed by atoms with Gasteiger partial charge in [-0.15, -0.1) is 0 Å². The predicted octanol–water partition coefficient (Wildman–Crippen LogP) is 2.81. The van der Waals surface area contributed by atoms with Crippen LogP contribution in [0, 0.1) is 0 Å². The van der Waals surface area contributed by atoms with Crippen molar-refractivity contribution in [2.45, 2.75) is 32.3 Å². The quantitative estimate of drug-likeness (QED) is 0.877. The third-order valence-electron chi connectivity index (χ3n) is 3.48. The van der Waals surface area contributed by atoms with Gasteiger partial charge in [-0.2, -0.15) is 0 Å². The molecule has 1 fully saturated rings. The fraction of sp³-hybridized carbons (Fsp3) is 0.600. The van der Waals surface area contributed by atoms with Gasteiger partial charge in [-0.1, -0.05) is 18.5 Å². The first kappa shape index (κ1) is 16.0. The molecule has 1 N–H and O–H groups in total. The van der Waals surface area contributed by atoms with Gasteiger partial charge < -0.3 is 15.0 Å². The highest BCUT2D eigenvalue weighted by atomic mass is 35.5. The van der Waals surface area contributed by atoms with Gasteiger partial charge in [-0.3, -0.25) is 4.79 Å². The van der Waals surface area contributed by atoms with Gasteiger partial charge >= 0.3 is 0 Å². The van der Waals surface area contributed by atoms with E-state index in [0.29, 0.717) is 22.9 Å². The van der Waals surface area contributed by atoms with Crippen LogP contribution in [0.25, 0.3) is 0 Å². The number of rotatable bonds is 6. The maximum atomic E-state index is 12.4. The van der Waals surface area contributed by atoms with Crippen LogP contribution in [0.1, 0.15) is 36.5 Å². The molecule has 1 aliphatic heterocycles. The van der Waals surface area contributed by atoms with Gasteiger partial charge in [0.25, 0.3) is 5.91 Å². The minimum atomic E-state index is -0.0815. The van der Waals surface area contributed by atoms with E-state index < -0.39 is 0 Å². The van der Waals surface area contributed by atoms with E-state index in [4.69, 9.17) is 16.3 Å². The van der Waals surface area contributed by atoms with Gasteiger partial charge in [0, 0.05) is 32.9 Å². The van der Waals surface area contributed by atoms with Gasteiger partial charge in [0.05, 0.1) is 16.7 Å². The molecule has 1 amide bonds. The van der Waals surface area contributed by atoms with Crippen LogP contribution < -0.4 is 5.32 Å². The van der Waals surface area contributed by atoms with Crippen molar-refractivity contribution in [3.05, 3.63) is 22.8 Å². The first-order valence-electron chi connectivity index (χ1n) is 7.38. The number of halogens is 1. The second kappa shape index (κ2) is 7.61. The van der Waals surface area contributed by atoms with Crippen molar-refractivity contribution in [1.82, 2.24) is 9.88 Å². The SMILES string of the molecule is CCCNc1ncc(C(=O)N(C)CC2CCCO2)cc1Cl. The maximum Gasteiger partial charge on any atom is 0.255 e. The molecule has 0 aliphatic carbocycles. The zero-order chi connectivity index (χ0) is 15.2. The van der Waals surface area contributed by atoms with Crippen molar-refractivity contribution in [2.75, 3.05) is 32.1 Å². The molecule has 1 aromatic rings. The maximum absolute atomic E-state index is 12.4. The average Bonchev–Trinajstić information content (AvgIpc) is 2.98. The molecule has 0 bridgehead atoms. The summed E-state index contributed by atoms with van der Waals surface area (Å²) in [4.78, 5) is 18.3. The fourth-order valence-electron chi connectivity index (χ4n) is 2.33. The van der Waals surface area contributed by atoms with Crippen LogP contribution in [-0.4, -0.2) is 48.6 Å². The predicted molar refractivity (Wildman–Crippen MR) is 84.0 cm³/mol. The Hall–Kier alpha value is -1.33. The molecule has 5 nitrogen and oxygen atoms in total. The number of amides is 1. The summed E-state index contributed by atoms with van der Waals surface area (Å²) in [7, 11) is 1.78. The monoisotopic (exact) mass is 311 g/mol. The van der Waals surface area contributed by atoms with E-state index in [1.54, 1.807) is 24.2 Å². The molecule has 2 rings (SSSR count). The minimum Gasteiger partial charge on any atom is -0.376 e. The van der Waals surface area contributed by atoms with E-state index in [9.17, 15) is 4.79 Å². The highest BCUT2D eigenvalue weighted by Crippen LogP contribution is 2.21. The van der Waals surface area contributed by atoms with Crippen LogP contribution >= 0.6 is 11.6 Å². The third kappa shape index (κ3) is 4.32. The Bertz CT molecular complexity index is 490. The molecule has 2 heterocycles. The topological polar surface area (TPSA) is 54.5 Å². The van der Waals surface area contributed by atoms with Crippen LogP contribution in [0.15, 0.2) is 12.3 Å². The van der Waals surface area contributed by atoms with E-state index in [0.717, 1.165) is 32.4 Å². The van der Waals surface area contributed by atoms with Crippen LogP contribution in [0.4, 0.5) is 5.82 Å². The Morgan fingerprint density at radius 2 is 2.43 bits per heavy atom. The standard InChI is InChI=1S/C15H22ClN3O2/c1-3-6-17-14-13(16)8-11(9-18-14)15(20)19(2)10-12-5-4-7-21-12/h8-9,12H,3-7,10H2,1-2H3,(H,17,18). The highest BCUT2D eigenvalue weighted by Gasteiger charge is 2.21. The molecule has 1 aromatic heterocycles. The third-order valence-corrected chi connectivity index (χ3v) is 3.77. The summed E-state index contributed by atoms with van der Waals surface area (Å²) in [5.41, 5.74) is 0.502. The molecule has 0 aromatic carbocycles. The first-order chi connectivity index (χ1) is 10.1. The Labute approximate surface area is 130 Å². The second-order valence-electron chi connectivity index (χ2n) is 5.30. The van der Waals surface area contributed by atoms with Crippen molar-refractivity contribution in [1.29, 1.82) is 0 Å². The molecule has 1 aliphatic rings. The first-order valence-corrected chi connectivity index (χ1v) is 7.76. The van der Waals surface area contributed by atoms with E-state index in [1.807, 2.05) is 0 Å². The van der Waals surface area contributed by atoms with Gasteiger partial charge in [-0.05, 0) is 25.3 Å². The number of anilines is 1. The lowest BCUT2D eigenvalue weighted by atomic mass is 10.2. The van der Waals surface area contributed by atoms with Crippen LogP contribution in [0.5, 0.6) is 0 Å². The summed E-state index contributed by atoms with van der Waals surface area (Å²) in [6.45, 7) is 4.27. The summed E-state index contributed by atoms with van der Waals surface area (Å²) in [6.07, 6.45) is 4.78. The van der Waals surface area contributed by atoms with E-state index >= 15 is 0 Å². The van der Waals surface area contributed by atoms with E-state index in [1.165, 1.54) is 0 Å². The number of aromatic nitrogens is 1. The number of ether oxygens (including phenoxy) is 1. The molecule has 1 saturated heterocycles. The molecule has 6 heteroatoms. The lowest BCUT2D eigenvalue weighted by molar-refractivity contribution is 0.0587. The zero-order valence-electron chi connectivity index (χ0n) is 12.6. The molecule has 0 radical (unpaired) electrons. The zero-order valence-corrected chi connectivity index (χ0v) is 13.3. The Morgan fingerprint density at radius 1 is 1.62 bits per heavy atom. The number of pyridine rings is 1. The fourth-order valence-corrected chi connectivity index (χ4v) is 2.56. The number of likely N-dealkylation sites (N-methyl/N-ethyl adjacent to an activating group) is 1. The lowest BCUT2D eigenvalue weighted by Gasteiger charge is -2.21. The molecule has 116 valence electrons. The Kier molecular flexibility index (Phi) is 5.82. The minimum absolute atomic E-state index is 0.0815. The normalized spacial score (nSPS) is 17.8. The average molecular weight is 312 g/mol. The van der Waals surface area contributed by atoms with Gasteiger partial charge in [0.1, 0.15) is 5.82 Å². The van der Waals surface area contributed by atoms with Crippen molar-refractivity contribution >= 4 is 23.3 Å². The van der Waals surface area contributed by atoms with Crippen molar-refractivity contribution in [3.8, 4) is 0 Å². The summed E-state index contributed by atoms with van der Waals surface area (Å²) >= 11 is 6.16. The Balaban J connectivity index is 1.99. The second-order valence-corrected chi connectivity index (χ2v) is 5.71. The van der Waals surface area contributed by atoms with Gasteiger partial charge in [0.2, 0.25) is 0 Å². The number of nitrogens with zero attached hydrogens (tertiary/aromatic N) is 2. The molecule has 21 heavy (non-hydrogen) atoms.